The SMILES string of the molecule is CCCCOCCO.N=C=O. The van der Waals surface area contributed by atoms with Crippen LogP contribution in [0.2, 0.25) is 0 Å². The first-order valence-corrected chi connectivity index (χ1v) is 3.55. The predicted molar refractivity (Wildman–Crippen MR) is 41.2 cm³/mol. The maximum absolute atomic E-state index is 8.35. The van der Waals surface area contributed by atoms with Crippen LogP contribution in [0.1, 0.15) is 19.8 Å². The zero-order valence-corrected chi connectivity index (χ0v) is 6.80. The van der Waals surface area contributed by atoms with Crippen LogP contribution >= 0.6 is 0 Å². The predicted octanol–water partition coefficient (Wildman–Crippen LogP) is 0.696. The molecule has 0 radical (unpaired) electrons. The van der Waals surface area contributed by atoms with Crippen molar-refractivity contribution in [1.82, 2.24) is 0 Å². The number of isocyanates is 1. The molecule has 0 unspecified atom stereocenters. The van der Waals surface area contributed by atoms with Gasteiger partial charge >= 0.3 is 0 Å². The summed E-state index contributed by atoms with van der Waals surface area (Å²) in [6.45, 7) is 3.53. The normalized spacial score (nSPS) is 7.82. The molecule has 4 nitrogen and oxygen atoms in total. The molecule has 4 heteroatoms. The van der Waals surface area contributed by atoms with Crippen molar-refractivity contribution in [2.24, 2.45) is 0 Å². The lowest BCUT2D eigenvalue weighted by Gasteiger charge is -1.97. The molecule has 0 aromatic carbocycles. The van der Waals surface area contributed by atoms with Crippen LogP contribution in [0.25, 0.3) is 0 Å². The van der Waals surface area contributed by atoms with Gasteiger partial charge < -0.3 is 9.84 Å². The number of nitrogens with one attached hydrogen (secondary N) is 1. The summed E-state index contributed by atoms with van der Waals surface area (Å²) in [7, 11) is 0. The zero-order valence-electron chi connectivity index (χ0n) is 6.80. The molecule has 0 heterocycles. The lowest BCUT2D eigenvalue weighted by molar-refractivity contribution is 0.0904. The molecule has 0 atom stereocenters. The molecule has 2 N–H and O–H groups in total. The minimum atomic E-state index is 0.143. The highest BCUT2D eigenvalue weighted by Crippen LogP contribution is 1.85. The van der Waals surface area contributed by atoms with Gasteiger partial charge in [-0.25, -0.2) is 10.2 Å². The summed E-state index contributed by atoms with van der Waals surface area (Å²) < 4.78 is 4.97. The van der Waals surface area contributed by atoms with Crippen LogP contribution in [0.4, 0.5) is 0 Å². The van der Waals surface area contributed by atoms with Crippen molar-refractivity contribution < 1.29 is 14.6 Å². The lowest BCUT2D eigenvalue weighted by Crippen LogP contribution is -1.99. The van der Waals surface area contributed by atoms with Crippen LogP contribution in [-0.4, -0.2) is 31.0 Å². The van der Waals surface area contributed by atoms with Gasteiger partial charge in [0.15, 0.2) is 0 Å². The molecule has 0 saturated heterocycles. The van der Waals surface area contributed by atoms with E-state index >= 15 is 0 Å². The van der Waals surface area contributed by atoms with E-state index in [9.17, 15) is 0 Å². The second kappa shape index (κ2) is 16.1. The molecule has 0 aromatic heterocycles. The van der Waals surface area contributed by atoms with Crippen LogP contribution in [0.5, 0.6) is 0 Å². The van der Waals surface area contributed by atoms with Gasteiger partial charge in [0.25, 0.3) is 0 Å². The van der Waals surface area contributed by atoms with E-state index in [1.807, 2.05) is 0 Å². The van der Waals surface area contributed by atoms with Crippen molar-refractivity contribution in [3.63, 3.8) is 0 Å². The van der Waals surface area contributed by atoms with E-state index in [0.717, 1.165) is 25.5 Å². The van der Waals surface area contributed by atoms with E-state index in [0.29, 0.717) is 6.61 Å². The van der Waals surface area contributed by atoms with E-state index in [1.54, 1.807) is 0 Å². The Kier molecular flexibility index (Phi) is 19.0. The minimum absolute atomic E-state index is 0.143. The Hall–Kier alpha value is -0.700. The van der Waals surface area contributed by atoms with E-state index in [-0.39, 0.29) is 6.61 Å². The largest absolute Gasteiger partial charge is 0.394 e. The second-order valence-electron chi connectivity index (χ2n) is 1.79. The summed E-state index contributed by atoms with van der Waals surface area (Å²) in [5.41, 5.74) is 0. The molecule has 0 spiro atoms. The standard InChI is InChI=1S/C6H14O2.CHNO/c1-2-3-5-8-6-4-7;2-1-3/h7H,2-6H2,1H3;2H. The summed E-state index contributed by atoms with van der Waals surface area (Å²) in [6, 6.07) is 0. The van der Waals surface area contributed by atoms with Crippen molar-refractivity contribution in [3.8, 4) is 0 Å². The van der Waals surface area contributed by atoms with Crippen LogP contribution in [0, 0.1) is 5.41 Å². The number of carbonyl (C=O) groups excluding carboxylic acids is 1. The number of unbranched alkanes of at least 4 members (excludes halogenated alkanes) is 1. The minimum Gasteiger partial charge on any atom is -0.394 e. The molecule has 0 bridgehead atoms. The summed E-state index contributed by atoms with van der Waals surface area (Å²) in [5.74, 6) is 0. The molecule has 0 aromatic rings. The fraction of sp³-hybridized carbons (Fsp3) is 0.857. The first-order valence-electron chi connectivity index (χ1n) is 3.55. The summed E-state index contributed by atoms with van der Waals surface area (Å²) in [4.78, 5) is 8.35. The molecule has 0 aliphatic heterocycles. The van der Waals surface area contributed by atoms with E-state index < -0.39 is 0 Å². The molecule has 0 aliphatic rings. The molecule has 0 saturated carbocycles. The summed E-state index contributed by atoms with van der Waals surface area (Å²) >= 11 is 0. The van der Waals surface area contributed by atoms with Crippen molar-refractivity contribution in [1.29, 1.82) is 5.41 Å². The Labute approximate surface area is 66.7 Å². The quantitative estimate of drug-likeness (QED) is 0.354. The van der Waals surface area contributed by atoms with Crippen LogP contribution < -0.4 is 0 Å². The van der Waals surface area contributed by atoms with E-state index in [1.165, 1.54) is 0 Å². The van der Waals surface area contributed by atoms with Crippen molar-refractivity contribution >= 4 is 6.08 Å². The highest BCUT2D eigenvalue weighted by Gasteiger charge is 1.82. The Morgan fingerprint density at radius 3 is 2.45 bits per heavy atom. The van der Waals surface area contributed by atoms with Gasteiger partial charge in [-0.15, -0.1) is 0 Å². The molecule has 0 amide bonds. The Balaban J connectivity index is 0. The topological polar surface area (TPSA) is 70.4 Å². The van der Waals surface area contributed by atoms with Crippen molar-refractivity contribution in [2.45, 2.75) is 19.8 Å². The monoisotopic (exact) mass is 161 g/mol. The van der Waals surface area contributed by atoms with Crippen LogP contribution in [-0.2, 0) is 9.53 Å². The summed E-state index contributed by atoms with van der Waals surface area (Å²) in [5, 5.41) is 13.6. The van der Waals surface area contributed by atoms with Gasteiger partial charge in [0.2, 0.25) is 6.08 Å². The third kappa shape index (κ3) is 26.8. The third-order valence-corrected chi connectivity index (χ3v) is 0.878. The molecule has 0 rings (SSSR count). The summed E-state index contributed by atoms with van der Waals surface area (Å²) in [6.07, 6.45) is 3.01. The number of ether oxygens (including phenoxy) is 1. The number of rotatable bonds is 5. The average Bonchev–Trinajstić information content (AvgIpc) is 2.00. The molecular weight excluding hydrogens is 146 g/mol. The highest BCUT2D eigenvalue weighted by atomic mass is 16.5. The van der Waals surface area contributed by atoms with Gasteiger partial charge in [-0.05, 0) is 6.42 Å². The number of aliphatic hydroxyl groups excluding tert-OH is 1. The first-order chi connectivity index (χ1) is 5.33. The van der Waals surface area contributed by atoms with Crippen LogP contribution in [0.15, 0.2) is 0 Å². The lowest BCUT2D eigenvalue weighted by atomic mass is 10.4. The highest BCUT2D eigenvalue weighted by molar-refractivity contribution is 5.26. The number of hydrogen-bond donors (Lipinski definition) is 2. The van der Waals surface area contributed by atoms with Crippen LogP contribution in [0.3, 0.4) is 0 Å². The Morgan fingerprint density at radius 2 is 2.09 bits per heavy atom. The second-order valence-corrected chi connectivity index (χ2v) is 1.79. The molecule has 0 fully saturated rings. The van der Waals surface area contributed by atoms with Crippen molar-refractivity contribution in [2.75, 3.05) is 19.8 Å². The fourth-order valence-electron chi connectivity index (χ4n) is 0.413. The number of hydrogen-bond acceptors (Lipinski definition) is 4. The Morgan fingerprint density at radius 1 is 1.55 bits per heavy atom. The third-order valence-electron chi connectivity index (χ3n) is 0.878. The Bertz CT molecular complexity index is 83.7. The maximum Gasteiger partial charge on any atom is 0.231 e. The van der Waals surface area contributed by atoms with E-state index in [4.69, 9.17) is 20.0 Å². The zero-order chi connectivity index (χ0) is 8.95. The molecule has 0 aliphatic carbocycles. The smallest absolute Gasteiger partial charge is 0.231 e. The van der Waals surface area contributed by atoms with Gasteiger partial charge in [-0.2, -0.15) is 0 Å². The molecule has 11 heavy (non-hydrogen) atoms. The fourth-order valence-corrected chi connectivity index (χ4v) is 0.413. The van der Waals surface area contributed by atoms with Gasteiger partial charge in [0.05, 0.1) is 13.2 Å². The van der Waals surface area contributed by atoms with Gasteiger partial charge in [-0.1, -0.05) is 13.3 Å². The van der Waals surface area contributed by atoms with Gasteiger partial charge in [0.1, 0.15) is 0 Å². The average molecular weight is 161 g/mol. The first kappa shape index (κ1) is 12.9. The van der Waals surface area contributed by atoms with Gasteiger partial charge in [-0.3, -0.25) is 0 Å². The molecule has 66 valence electrons. The number of aliphatic hydroxyl groups is 1. The maximum atomic E-state index is 8.35. The van der Waals surface area contributed by atoms with Gasteiger partial charge in [0, 0.05) is 6.61 Å². The molecular formula is C7H15NO3. The van der Waals surface area contributed by atoms with E-state index in [2.05, 4.69) is 6.92 Å². The van der Waals surface area contributed by atoms with Crippen molar-refractivity contribution in [3.05, 3.63) is 0 Å².